The van der Waals surface area contributed by atoms with Crippen molar-refractivity contribution in [3.63, 3.8) is 0 Å². The van der Waals surface area contributed by atoms with Crippen molar-refractivity contribution in [2.75, 3.05) is 31.8 Å². The molecule has 1 aromatic heterocycles. The average molecular weight is 429 g/mol. The average Bonchev–Trinajstić information content (AvgIpc) is 3.20. The van der Waals surface area contributed by atoms with Gasteiger partial charge in [0.15, 0.2) is 5.13 Å². The molecule has 0 spiro atoms. The van der Waals surface area contributed by atoms with Crippen LogP contribution in [0.15, 0.2) is 35.2 Å². The van der Waals surface area contributed by atoms with Crippen LogP contribution in [0.2, 0.25) is 0 Å². The fourth-order valence-corrected chi connectivity index (χ4v) is 3.36. The van der Waals surface area contributed by atoms with Crippen LogP contribution in [0.3, 0.4) is 0 Å². The molecule has 0 fully saturated rings. The molecule has 2 amide bonds. The van der Waals surface area contributed by atoms with E-state index in [0.29, 0.717) is 48.4 Å². The minimum atomic E-state index is -0.470. The lowest BCUT2D eigenvalue weighted by molar-refractivity contribution is -0.117. The number of thiazole rings is 1. The van der Waals surface area contributed by atoms with Crippen LogP contribution in [0.4, 0.5) is 10.8 Å². The number of ether oxygens (including phenoxy) is 2. The molecular formula is C21H24N4O4S. The molecule has 9 heteroatoms. The summed E-state index contributed by atoms with van der Waals surface area (Å²) in [7, 11) is 1.57. The molecule has 0 saturated carbocycles. The molecule has 1 N–H and O–H groups in total. The van der Waals surface area contributed by atoms with Crippen molar-refractivity contribution in [2.24, 2.45) is 0 Å². The summed E-state index contributed by atoms with van der Waals surface area (Å²) < 4.78 is 10.4. The number of aromatic nitrogens is 1. The quantitative estimate of drug-likeness (QED) is 0.354. The van der Waals surface area contributed by atoms with Gasteiger partial charge in [-0.3, -0.25) is 14.5 Å². The van der Waals surface area contributed by atoms with Gasteiger partial charge in [0, 0.05) is 32.1 Å². The Morgan fingerprint density at radius 2 is 2.07 bits per heavy atom. The summed E-state index contributed by atoms with van der Waals surface area (Å²) >= 11 is 1.24. The zero-order chi connectivity index (χ0) is 21.9. The Kier molecular flexibility index (Phi) is 9.00. The van der Waals surface area contributed by atoms with Gasteiger partial charge in [-0.15, -0.1) is 11.3 Å². The van der Waals surface area contributed by atoms with Crippen molar-refractivity contribution in [3.05, 3.63) is 40.9 Å². The van der Waals surface area contributed by atoms with Crippen molar-refractivity contribution < 1.29 is 19.1 Å². The largest absolute Gasteiger partial charge is 0.497 e. The highest BCUT2D eigenvalue weighted by atomic mass is 32.1. The van der Waals surface area contributed by atoms with Gasteiger partial charge in [0.2, 0.25) is 5.91 Å². The van der Waals surface area contributed by atoms with Crippen LogP contribution < -0.4 is 15.0 Å². The number of carbonyl (C=O) groups is 2. The number of benzene rings is 1. The fourth-order valence-electron chi connectivity index (χ4n) is 2.52. The van der Waals surface area contributed by atoms with Gasteiger partial charge in [-0.05, 0) is 43.7 Å². The maximum Gasteiger partial charge on any atom is 0.262 e. The molecule has 0 radical (unpaired) electrons. The fraction of sp³-hybridized carbons (Fsp3) is 0.333. The van der Waals surface area contributed by atoms with Gasteiger partial charge in [0.1, 0.15) is 17.4 Å². The van der Waals surface area contributed by atoms with Crippen LogP contribution in [0.5, 0.6) is 5.75 Å². The number of anilines is 2. The second-order valence-electron chi connectivity index (χ2n) is 6.08. The van der Waals surface area contributed by atoms with E-state index in [9.17, 15) is 14.9 Å². The molecule has 0 bridgehead atoms. The highest BCUT2D eigenvalue weighted by molar-refractivity contribution is 7.14. The molecule has 0 unspecified atom stereocenters. The van der Waals surface area contributed by atoms with Crippen LogP contribution >= 0.6 is 11.3 Å². The van der Waals surface area contributed by atoms with E-state index in [1.807, 2.05) is 13.0 Å². The first-order valence-electron chi connectivity index (χ1n) is 9.38. The van der Waals surface area contributed by atoms with Crippen LogP contribution in [0.25, 0.3) is 6.08 Å². The Labute approximate surface area is 179 Å². The highest BCUT2D eigenvalue weighted by Gasteiger charge is 2.18. The lowest BCUT2D eigenvalue weighted by atomic mass is 10.2. The summed E-state index contributed by atoms with van der Waals surface area (Å²) in [6, 6.07) is 8.92. The topological polar surface area (TPSA) is 105 Å². The molecule has 0 aliphatic rings. The number of hydrogen-bond donors (Lipinski definition) is 1. The number of carbonyl (C=O) groups excluding carboxylic acids is 2. The standard InChI is InChI=1S/C21H24N4O4S/c1-4-29-11-5-10-23-20(27)16(13-22)12-17-14-30-21(24-17)25(15(2)26)18-6-8-19(28-3)9-7-18/h6-9,12,14H,4-5,10-11H2,1-3H3,(H,23,27)/b16-12+. The third-order valence-corrected chi connectivity index (χ3v) is 4.80. The first kappa shape index (κ1) is 23.1. The highest BCUT2D eigenvalue weighted by Crippen LogP contribution is 2.30. The van der Waals surface area contributed by atoms with E-state index in [1.54, 1.807) is 36.8 Å². The van der Waals surface area contributed by atoms with Crippen molar-refractivity contribution in [1.82, 2.24) is 10.3 Å². The van der Waals surface area contributed by atoms with Crippen molar-refractivity contribution in [2.45, 2.75) is 20.3 Å². The van der Waals surface area contributed by atoms with E-state index >= 15 is 0 Å². The first-order chi connectivity index (χ1) is 14.5. The summed E-state index contributed by atoms with van der Waals surface area (Å²) in [6.07, 6.45) is 2.07. The number of rotatable bonds is 10. The van der Waals surface area contributed by atoms with Crippen molar-refractivity contribution in [1.29, 1.82) is 5.26 Å². The molecule has 0 saturated heterocycles. The molecule has 30 heavy (non-hydrogen) atoms. The summed E-state index contributed by atoms with van der Waals surface area (Å²) in [5.41, 5.74) is 1.01. The molecule has 8 nitrogen and oxygen atoms in total. The monoisotopic (exact) mass is 428 g/mol. The molecule has 2 rings (SSSR count). The van der Waals surface area contributed by atoms with E-state index in [-0.39, 0.29) is 11.5 Å². The Morgan fingerprint density at radius 1 is 1.33 bits per heavy atom. The van der Waals surface area contributed by atoms with Gasteiger partial charge in [-0.2, -0.15) is 5.26 Å². The molecular weight excluding hydrogens is 404 g/mol. The first-order valence-corrected chi connectivity index (χ1v) is 10.3. The van der Waals surface area contributed by atoms with E-state index in [0.717, 1.165) is 0 Å². The van der Waals surface area contributed by atoms with Crippen LogP contribution in [-0.2, 0) is 14.3 Å². The van der Waals surface area contributed by atoms with Crippen molar-refractivity contribution in [3.8, 4) is 11.8 Å². The van der Waals surface area contributed by atoms with Gasteiger partial charge in [0.25, 0.3) is 5.91 Å². The number of amides is 2. The zero-order valence-corrected chi connectivity index (χ0v) is 18.0. The second-order valence-corrected chi connectivity index (χ2v) is 6.92. The smallest absolute Gasteiger partial charge is 0.262 e. The van der Waals surface area contributed by atoms with Crippen LogP contribution in [-0.4, -0.2) is 43.7 Å². The Balaban J connectivity index is 2.14. The van der Waals surface area contributed by atoms with Gasteiger partial charge >= 0.3 is 0 Å². The minimum Gasteiger partial charge on any atom is -0.497 e. The number of nitrogens with zero attached hydrogens (tertiary/aromatic N) is 3. The van der Waals surface area contributed by atoms with Crippen LogP contribution in [0.1, 0.15) is 26.0 Å². The SMILES string of the molecule is CCOCCCNC(=O)/C(C#N)=C/c1csc(N(C(C)=O)c2ccc(OC)cc2)n1. The number of hydrogen-bond acceptors (Lipinski definition) is 7. The second kappa shape index (κ2) is 11.7. The maximum absolute atomic E-state index is 12.2. The predicted molar refractivity (Wildman–Crippen MR) is 116 cm³/mol. The third-order valence-electron chi connectivity index (χ3n) is 3.96. The Hall–Kier alpha value is -3.22. The number of nitriles is 1. The van der Waals surface area contributed by atoms with Crippen molar-refractivity contribution >= 4 is 40.0 Å². The summed E-state index contributed by atoms with van der Waals surface area (Å²) in [5.74, 6) is -0.00401. The van der Waals surface area contributed by atoms with E-state index in [4.69, 9.17) is 9.47 Å². The zero-order valence-electron chi connectivity index (χ0n) is 17.2. The molecule has 0 aliphatic heterocycles. The van der Waals surface area contributed by atoms with E-state index < -0.39 is 5.91 Å². The van der Waals surface area contributed by atoms with Gasteiger partial charge < -0.3 is 14.8 Å². The minimum absolute atomic E-state index is 0.0536. The molecule has 1 aromatic carbocycles. The molecule has 158 valence electrons. The molecule has 0 atom stereocenters. The molecule has 2 aromatic rings. The molecule has 1 heterocycles. The Morgan fingerprint density at radius 3 is 2.67 bits per heavy atom. The normalized spacial score (nSPS) is 10.9. The van der Waals surface area contributed by atoms with Gasteiger partial charge in [0.05, 0.1) is 18.5 Å². The summed E-state index contributed by atoms with van der Waals surface area (Å²) in [5, 5.41) is 14.1. The maximum atomic E-state index is 12.2. The van der Waals surface area contributed by atoms with E-state index in [1.165, 1.54) is 29.2 Å². The van der Waals surface area contributed by atoms with E-state index in [2.05, 4.69) is 10.3 Å². The summed E-state index contributed by atoms with van der Waals surface area (Å²) in [6.45, 7) is 4.92. The molecule has 0 aliphatic carbocycles. The lowest BCUT2D eigenvalue weighted by Crippen LogP contribution is -2.26. The van der Waals surface area contributed by atoms with Crippen LogP contribution in [0, 0.1) is 11.3 Å². The lowest BCUT2D eigenvalue weighted by Gasteiger charge is -2.18. The number of nitrogens with one attached hydrogen (secondary N) is 1. The van der Waals surface area contributed by atoms with Gasteiger partial charge in [-0.25, -0.2) is 4.98 Å². The third kappa shape index (κ3) is 6.40. The summed E-state index contributed by atoms with van der Waals surface area (Å²) in [4.78, 5) is 30.3. The Bertz CT molecular complexity index is 931. The predicted octanol–water partition coefficient (Wildman–Crippen LogP) is 3.29. The van der Waals surface area contributed by atoms with Gasteiger partial charge in [-0.1, -0.05) is 0 Å². The number of methoxy groups -OCH3 is 1.